The molecule has 8 nitrogen and oxygen atoms in total. The lowest BCUT2D eigenvalue weighted by Gasteiger charge is -2.15. The van der Waals surface area contributed by atoms with Crippen molar-refractivity contribution in [1.82, 2.24) is 4.72 Å². The largest absolute Gasteiger partial charge is 0.466 e. The van der Waals surface area contributed by atoms with Crippen LogP contribution >= 0.6 is 0 Å². The molecule has 1 unspecified atom stereocenters. The lowest BCUT2D eigenvalue weighted by atomic mass is 10.1. The Bertz CT molecular complexity index is 715. The van der Waals surface area contributed by atoms with Gasteiger partial charge >= 0.3 is 22.2 Å². The molecule has 2 N–H and O–H groups in total. The molecule has 0 aromatic carbocycles. The van der Waals surface area contributed by atoms with Gasteiger partial charge in [-0.2, -0.15) is 13.1 Å². The van der Waals surface area contributed by atoms with Gasteiger partial charge in [-0.05, 0) is 12.8 Å². The number of carbonyl (C=O) groups excluding carboxylic acids is 2. The summed E-state index contributed by atoms with van der Waals surface area (Å²) in [7, 11) is -4.68. The molecule has 41 heavy (non-hydrogen) atoms. The molecule has 0 aromatic heterocycles. The van der Waals surface area contributed by atoms with E-state index in [0.29, 0.717) is 6.42 Å². The minimum Gasteiger partial charge on any atom is -0.466 e. The first kappa shape index (κ1) is 39.8. The summed E-state index contributed by atoms with van der Waals surface area (Å²) < 4.78 is 43.9. The first-order valence-corrected chi connectivity index (χ1v) is 18.3. The number of nitrogens with one attached hydrogen (secondary N) is 1. The number of hydrogen-bond acceptors (Lipinski definition) is 6. The van der Waals surface area contributed by atoms with E-state index in [-0.39, 0.29) is 13.2 Å². The van der Waals surface area contributed by atoms with Gasteiger partial charge in [0.1, 0.15) is 6.04 Å². The smallest absolute Gasteiger partial charge is 0.334 e. The fraction of sp³-hybridized carbons (Fsp3) is 0.938. The Morgan fingerprint density at radius 3 is 1.22 bits per heavy atom. The summed E-state index contributed by atoms with van der Waals surface area (Å²) in [6, 6.07) is -1.50. The SMILES string of the molecule is CCCCCCCCCCCCCCOC(=O)CC(NS(=O)(=O)O)C(=O)OCCCCCCCCCCCCCC. The molecule has 0 aliphatic carbocycles. The van der Waals surface area contributed by atoms with Crippen molar-refractivity contribution in [3.63, 3.8) is 0 Å². The predicted molar refractivity (Wildman–Crippen MR) is 167 cm³/mol. The van der Waals surface area contributed by atoms with Crippen LogP contribution in [-0.2, 0) is 29.4 Å². The van der Waals surface area contributed by atoms with Gasteiger partial charge in [0.15, 0.2) is 0 Å². The van der Waals surface area contributed by atoms with Gasteiger partial charge in [0, 0.05) is 0 Å². The lowest BCUT2D eigenvalue weighted by Crippen LogP contribution is -2.43. The number of esters is 2. The Kier molecular flexibility index (Phi) is 28.1. The van der Waals surface area contributed by atoms with Crippen molar-refractivity contribution in [1.29, 1.82) is 0 Å². The highest BCUT2D eigenvalue weighted by molar-refractivity contribution is 7.83. The van der Waals surface area contributed by atoms with Crippen LogP contribution in [0.3, 0.4) is 0 Å². The fourth-order valence-electron chi connectivity index (χ4n) is 4.92. The van der Waals surface area contributed by atoms with Crippen LogP contribution in [0.1, 0.15) is 174 Å². The maximum Gasteiger partial charge on any atom is 0.334 e. The van der Waals surface area contributed by atoms with E-state index < -0.39 is 34.7 Å². The van der Waals surface area contributed by atoms with E-state index in [4.69, 9.17) is 14.0 Å². The highest BCUT2D eigenvalue weighted by Gasteiger charge is 2.28. The van der Waals surface area contributed by atoms with Crippen molar-refractivity contribution in [3.05, 3.63) is 0 Å². The summed E-state index contributed by atoms with van der Waals surface area (Å²) in [5.74, 6) is -1.58. The molecule has 0 spiro atoms. The molecule has 0 saturated heterocycles. The van der Waals surface area contributed by atoms with E-state index in [9.17, 15) is 18.0 Å². The number of ether oxygens (including phenoxy) is 2. The van der Waals surface area contributed by atoms with E-state index in [2.05, 4.69) is 13.8 Å². The Labute approximate surface area is 252 Å². The molecule has 0 heterocycles. The van der Waals surface area contributed by atoms with E-state index in [1.54, 1.807) is 4.72 Å². The van der Waals surface area contributed by atoms with Gasteiger partial charge in [0.2, 0.25) is 0 Å². The van der Waals surface area contributed by atoms with E-state index in [0.717, 1.165) is 38.5 Å². The van der Waals surface area contributed by atoms with Crippen LogP contribution in [0.4, 0.5) is 0 Å². The van der Waals surface area contributed by atoms with Crippen LogP contribution in [0.5, 0.6) is 0 Å². The van der Waals surface area contributed by atoms with Crippen molar-refractivity contribution in [2.45, 2.75) is 180 Å². The van der Waals surface area contributed by atoms with Crippen molar-refractivity contribution >= 4 is 22.2 Å². The highest BCUT2D eigenvalue weighted by Crippen LogP contribution is 2.13. The van der Waals surface area contributed by atoms with Crippen LogP contribution in [0.15, 0.2) is 0 Å². The Balaban J connectivity index is 3.92. The molecule has 0 saturated carbocycles. The summed E-state index contributed by atoms with van der Waals surface area (Å²) >= 11 is 0. The summed E-state index contributed by atoms with van der Waals surface area (Å²) in [4.78, 5) is 24.6. The summed E-state index contributed by atoms with van der Waals surface area (Å²) in [5, 5.41) is 0. The van der Waals surface area contributed by atoms with Gasteiger partial charge < -0.3 is 9.47 Å². The van der Waals surface area contributed by atoms with Gasteiger partial charge in [-0.15, -0.1) is 0 Å². The average Bonchev–Trinajstić information content (AvgIpc) is 2.92. The molecule has 0 amide bonds. The molecule has 0 aliphatic rings. The zero-order valence-electron chi connectivity index (χ0n) is 26.5. The van der Waals surface area contributed by atoms with Crippen molar-refractivity contribution in [3.8, 4) is 0 Å². The second-order valence-electron chi connectivity index (χ2n) is 11.5. The number of rotatable bonds is 31. The van der Waals surface area contributed by atoms with Crippen molar-refractivity contribution in [2.75, 3.05) is 13.2 Å². The molecular weight excluding hydrogens is 542 g/mol. The van der Waals surface area contributed by atoms with Crippen LogP contribution in [-0.4, -0.2) is 44.2 Å². The second kappa shape index (κ2) is 28.9. The third-order valence-electron chi connectivity index (χ3n) is 7.45. The maximum atomic E-state index is 12.4. The average molecular weight is 606 g/mol. The number of hydrogen-bond donors (Lipinski definition) is 2. The zero-order chi connectivity index (χ0) is 30.4. The van der Waals surface area contributed by atoms with E-state index >= 15 is 0 Å². The van der Waals surface area contributed by atoms with Crippen LogP contribution in [0.2, 0.25) is 0 Å². The van der Waals surface area contributed by atoms with Crippen LogP contribution < -0.4 is 4.72 Å². The van der Waals surface area contributed by atoms with Gasteiger partial charge in [-0.3, -0.25) is 14.1 Å². The fourth-order valence-corrected chi connectivity index (χ4v) is 5.46. The summed E-state index contributed by atoms with van der Waals surface area (Å²) in [5.41, 5.74) is 0. The highest BCUT2D eigenvalue weighted by atomic mass is 32.2. The molecule has 1 atom stereocenters. The quantitative estimate of drug-likeness (QED) is 0.0461. The standard InChI is InChI=1S/C32H63NO7S/c1-3-5-7-9-11-13-15-17-19-21-23-25-27-39-31(34)29-30(33-41(36,37)38)32(35)40-28-26-24-22-20-18-16-14-12-10-8-6-4-2/h30,33H,3-29H2,1-2H3,(H,36,37,38). The van der Waals surface area contributed by atoms with Crippen LogP contribution in [0.25, 0.3) is 0 Å². The number of unbranched alkanes of at least 4 members (excludes halogenated alkanes) is 22. The first-order chi connectivity index (χ1) is 19.8. The third-order valence-corrected chi connectivity index (χ3v) is 8.03. The molecular formula is C32H63NO7S. The van der Waals surface area contributed by atoms with Gasteiger partial charge in [0.05, 0.1) is 19.6 Å². The number of carbonyl (C=O) groups is 2. The molecule has 0 rings (SSSR count). The topological polar surface area (TPSA) is 119 Å². The first-order valence-electron chi connectivity index (χ1n) is 16.9. The molecule has 0 bridgehead atoms. The zero-order valence-corrected chi connectivity index (χ0v) is 27.3. The maximum absolute atomic E-state index is 12.4. The second-order valence-corrected chi connectivity index (χ2v) is 12.7. The predicted octanol–water partition coefficient (Wildman–Crippen LogP) is 8.63. The van der Waals surface area contributed by atoms with Gasteiger partial charge in [0.25, 0.3) is 0 Å². The lowest BCUT2D eigenvalue weighted by molar-refractivity contribution is -0.152. The summed E-state index contributed by atoms with van der Waals surface area (Å²) in [6.07, 6.45) is 28.1. The van der Waals surface area contributed by atoms with E-state index in [1.807, 2.05) is 0 Å². The van der Waals surface area contributed by atoms with E-state index in [1.165, 1.54) is 109 Å². The normalized spacial score (nSPS) is 12.4. The molecule has 244 valence electrons. The molecule has 0 aromatic rings. The monoisotopic (exact) mass is 605 g/mol. The Morgan fingerprint density at radius 2 is 0.878 bits per heavy atom. The molecule has 0 radical (unpaired) electrons. The van der Waals surface area contributed by atoms with Crippen LogP contribution in [0, 0.1) is 0 Å². The Morgan fingerprint density at radius 1 is 0.561 bits per heavy atom. The molecule has 9 heteroatoms. The van der Waals surface area contributed by atoms with Crippen molar-refractivity contribution < 1.29 is 32.0 Å². The van der Waals surface area contributed by atoms with Gasteiger partial charge in [-0.25, -0.2) is 0 Å². The minimum absolute atomic E-state index is 0.147. The molecule has 0 fully saturated rings. The summed E-state index contributed by atoms with van der Waals surface area (Å²) in [6.45, 7) is 4.83. The van der Waals surface area contributed by atoms with Crippen molar-refractivity contribution in [2.24, 2.45) is 0 Å². The Hall–Kier alpha value is -1.19. The molecule has 0 aliphatic heterocycles. The third kappa shape index (κ3) is 30.1. The minimum atomic E-state index is -4.68. The van der Waals surface area contributed by atoms with Gasteiger partial charge in [-0.1, -0.05) is 155 Å².